The highest BCUT2D eigenvalue weighted by Crippen LogP contribution is 2.30. The summed E-state index contributed by atoms with van der Waals surface area (Å²) in [7, 11) is 0. The van der Waals surface area contributed by atoms with Crippen LogP contribution in [0.3, 0.4) is 0 Å². The van der Waals surface area contributed by atoms with E-state index in [9.17, 15) is 4.79 Å². The predicted molar refractivity (Wildman–Crippen MR) is 84.8 cm³/mol. The van der Waals surface area contributed by atoms with Crippen LogP contribution in [-0.2, 0) is 9.53 Å². The maximum absolute atomic E-state index is 11.2. The van der Waals surface area contributed by atoms with E-state index in [0.29, 0.717) is 23.5 Å². The van der Waals surface area contributed by atoms with Crippen LogP contribution in [-0.4, -0.2) is 44.1 Å². The summed E-state index contributed by atoms with van der Waals surface area (Å²) >= 11 is 1.51. The van der Waals surface area contributed by atoms with Crippen molar-refractivity contribution in [3.8, 4) is 5.13 Å². The summed E-state index contributed by atoms with van der Waals surface area (Å²) < 4.78 is 7.12. The van der Waals surface area contributed by atoms with Crippen LogP contribution in [0.5, 0.6) is 0 Å². The number of aromatic nitrogens is 5. The van der Waals surface area contributed by atoms with Crippen molar-refractivity contribution in [3.63, 3.8) is 0 Å². The fourth-order valence-corrected chi connectivity index (χ4v) is 3.46. The zero-order valence-corrected chi connectivity index (χ0v) is 13.2. The number of carbonyl (C=O) groups excluding carboxylic acids is 1. The third-order valence-electron chi connectivity index (χ3n) is 3.65. The number of hydrogen-bond donors (Lipinski definition) is 1. The Morgan fingerprint density at radius 1 is 1.43 bits per heavy atom. The summed E-state index contributed by atoms with van der Waals surface area (Å²) in [5.41, 5.74) is 0.828. The van der Waals surface area contributed by atoms with Gasteiger partial charge in [0.05, 0.1) is 18.3 Å². The fraction of sp³-hybridized carbons (Fsp3) is 0.357. The molecule has 3 aromatic rings. The van der Waals surface area contributed by atoms with Crippen LogP contribution < -0.4 is 5.32 Å². The van der Waals surface area contributed by atoms with Gasteiger partial charge < -0.3 is 10.1 Å². The van der Waals surface area contributed by atoms with Crippen molar-refractivity contribution in [1.82, 2.24) is 25.0 Å². The van der Waals surface area contributed by atoms with Crippen molar-refractivity contribution < 1.29 is 9.53 Å². The molecule has 4 heterocycles. The van der Waals surface area contributed by atoms with Crippen LogP contribution in [0.4, 0.5) is 5.82 Å². The highest BCUT2D eigenvalue weighted by Gasteiger charge is 2.22. The minimum atomic E-state index is -0.164. The third kappa shape index (κ3) is 2.68. The molecule has 0 bridgehead atoms. The molecule has 1 aliphatic rings. The van der Waals surface area contributed by atoms with Crippen molar-refractivity contribution in [3.05, 3.63) is 23.5 Å². The molecule has 9 heteroatoms. The van der Waals surface area contributed by atoms with Gasteiger partial charge >= 0.3 is 0 Å². The van der Waals surface area contributed by atoms with Gasteiger partial charge in [0.2, 0.25) is 11.0 Å². The highest BCUT2D eigenvalue weighted by atomic mass is 32.1. The molecular weight excluding hydrogens is 316 g/mol. The van der Waals surface area contributed by atoms with Gasteiger partial charge in [0.15, 0.2) is 0 Å². The van der Waals surface area contributed by atoms with Crippen LogP contribution >= 0.6 is 11.3 Å². The standard InChI is InChI=1S/C14H14N6O2S/c1-8(21)17-12-4-11-10(5-15-12)6-16-20(11)14-19-18-13(23-14)9-2-3-22-7-9/h4-6,9H,2-3,7H2,1H3,(H,15,17,21). The van der Waals surface area contributed by atoms with E-state index in [0.717, 1.165) is 28.9 Å². The van der Waals surface area contributed by atoms with Gasteiger partial charge in [0.25, 0.3) is 0 Å². The second kappa shape index (κ2) is 5.67. The molecule has 1 fully saturated rings. The average Bonchev–Trinajstić information content (AvgIpc) is 3.25. The quantitative estimate of drug-likeness (QED) is 0.786. The minimum absolute atomic E-state index is 0.164. The van der Waals surface area contributed by atoms with Gasteiger partial charge in [0, 0.05) is 37.1 Å². The number of ether oxygens (including phenoxy) is 1. The minimum Gasteiger partial charge on any atom is -0.381 e. The Hall–Kier alpha value is -2.39. The van der Waals surface area contributed by atoms with Gasteiger partial charge in [-0.05, 0) is 6.42 Å². The lowest BCUT2D eigenvalue weighted by molar-refractivity contribution is -0.114. The molecule has 0 spiro atoms. The molecule has 0 aromatic carbocycles. The number of carbonyl (C=O) groups is 1. The Labute approximate surface area is 135 Å². The Morgan fingerprint density at radius 3 is 3.13 bits per heavy atom. The normalized spacial score (nSPS) is 17.7. The molecule has 118 valence electrons. The zero-order valence-electron chi connectivity index (χ0n) is 12.4. The summed E-state index contributed by atoms with van der Waals surface area (Å²) in [6.07, 6.45) is 4.38. The molecule has 0 saturated carbocycles. The van der Waals surface area contributed by atoms with Crippen molar-refractivity contribution in [2.75, 3.05) is 18.5 Å². The molecule has 1 atom stereocenters. The smallest absolute Gasteiger partial charge is 0.233 e. The second-order valence-corrected chi connectivity index (χ2v) is 6.34. The van der Waals surface area contributed by atoms with Gasteiger partial charge in [-0.3, -0.25) is 4.79 Å². The van der Waals surface area contributed by atoms with E-state index >= 15 is 0 Å². The molecule has 23 heavy (non-hydrogen) atoms. The number of amides is 1. The molecule has 0 radical (unpaired) electrons. The van der Waals surface area contributed by atoms with Crippen molar-refractivity contribution in [1.29, 1.82) is 0 Å². The van der Waals surface area contributed by atoms with E-state index in [-0.39, 0.29) is 5.91 Å². The van der Waals surface area contributed by atoms with Crippen LogP contribution in [0.2, 0.25) is 0 Å². The third-order valence-corrected chi connectivity index (χ3v) is 4.71. The second-order valence-electron chi connectivity index (χ2n) is 5.35. The van der Waals surface area contributed by atoms with E-state index in [4.69, 9.17) is 4.74 Å². The summed E-state index contributed by atoms with van der Waals surface area (Å²) in [5, 5.41) is 18.1. The lowest BCUT2D eigenvalue weighted by atomic mass is 10.1. The van der Waals surface area contributed by atoms with Crippen molar-refractivity contribution >= 4 is 34.0 Å². The van der Waals surface area contributed by atoms with Gasteiger partial charge in [-0.1, -0.05) is 11.3 Å². The van der Waals surface area contributed by atoms with Gasteiger partial charge in [-0.15, -0.1) is 10.2 Å². The lowest BCUT2D eigenvalue weighted by Crippen LogP contribution is -2.07. The fourth-order valence-electron chi connectivity index (χ4n) is 2.53. The largest absolute Gasteiger partial charge is 0.381 e. The molecular formula is C14H14N6O2S. The number of pyridine rings is 1. The Balaban J connectivity index is 1.71. The molecule has 4 rings (SSSR count). The number of rotatable bonds is 3. The molecule has 1 aliphatic heterocycles. The molecule has 1 N–H and O–H groups in total. The van der Waals surface area contributed by atoms with E-state index in [1.807, 2.05) is 0 Å². The first-order valence-corrected chi connectivity index (χ1v) is 8.05. The van der Waals surface area contributed by atoms with Gasteiger partial charge in [0.1, 0.15) is 10.8 Å². The van der Waals surface area contributed by atoms with E-state index < -0.39 is 0 Å². The van der Waals surface area contributed by atoms with Crippen LogP contribution in [0, 0.1) is 0 Å². The Bertz CT molecular complexity index is 867. The first-order chi connectivity index (χ1) is 11.2. The summed E-state index contributed by atoms with van der Waals surface area (Å²) in [6.45, 7) is 2.92. The molecule has 8 nitrogen and oxygen atoms in total. The highest BCUT2D eigenvalue weighted by molar-refractivity contribution is 7.13. The molecule has 1 amide bonds. The van der Waals surface area contributed by atoms with E-state index in [1.165, 1.54) is 18.3 Å². The summed E-state index contributed by atoms with van der Waals surface area (Å²) in [4.78, 5) is 15.4. The number of hydrogen-bond acceptors (Lipinski definition) is 7. The van der Waals surface area contributed by atoms with Gasteiger partial charge in [-0.25, -0.2) is 9.67 Å². The van der Waals surface area contributed by atoms with Crippen LogP contribution in [0.15, 0.2) is 18.5 Å². The average molecular weight is 330 g/mol. The van der Waals surface area contributed by atoms with Crippen LogP contribution in [0.25, 0.3) is 16.0 Å². The maximum Gasteiger partial charge on any atom is 0.233 e. The lowest BCUT2D eigenvalue weighted by Gasteiger charge is -2.02. The first kappa shape index (κ1) is 14.2. The number of anilines is 1. The molecule has 1 unspecified atom stereocenters. The van der Waals surface area contributed by atoms with Gasteiger partial charge in [-0.2, -0.15) is 5.10 Å². The topological polar surface area (TPSA) is 94.8 Å². The van der Waals surface area contributed by atoms with Crippen molar-refractivity contribution in [2.45, 2.75) is 19.3 Å². The zero-order chi connectivity index (χ0) is 15.8. The molecule has 0 aliphatic carbocycles. The summed E-state index contributed by atoms with van der Waals surface area (Å²) in [5.74, 6) is 0.641. The number of nitrogens with zero attached hydrogens (tertiary/aromatic N) is 5. The SMILES string of the molecule is CC(=O)Nc1cc2c(cn1)cnn2-c1nnc(C2CCOC2)s1. The first-order valence-electron chi connectivity index (χ1n) is 7.23. The van der Waals surface area contributed by atoms with E-state index in [1.54, 1.807) is 23.1 Å². The van der Waals surface area contributed by atoms with Crippen LogP contribution in [0.1, 0.15) is 24.3 Å². The predicted octanol–water partition coefficient (Wildman–Crippen LogP) is 1.73. The summed E-state index contributed by atoms with van der Waals surface area (Å²) in [6, 6.07) is 1.78. The van der Waals surface area contributed by atoms with Crippen molar-refractivity contribution in [2.24, 2.45) is 0 Å². The number of fused-ring (bicyclic) bond motifs is 1. The monoisotopic (exact) mass is 330 g/mol. The number of nitrogens with one attached hydrogen (secondary N) is 1. The molecule has 3 aromatic heterocycles. The van der Waals surface area contributed by atoms with E-state index in [2.05, 4.69) is 25.6 Å². The Kier molecular flexibility index (Phi) is 3.50. The molecule has 1 saturated heterocycles. The Morgan fingerprint density at radius 2 is 2.35 bits per heavy atom. The maximum atomic E-state index is 11.2.